The number of aromatic nitrogens is 2. The van der Waals surface area contributed by atoms with Gasteiger partial charge in [0.05, 0.1) is 0 Å². The van der Waals surface area contributed by atoms with E-state index in [1.165, 1.54) is 32.1 Å². The van der Waals surface area contributed by atoms with Crippen LogP contribution in [-0.4, -0.2) is 9.97 Å². The number of hydrogen-bond acceptors (Lipinski definition) is 4. The van der Waals surface area contributed by atoms with Crippen molar-refractivity contribution in [2.45, 2.75) is 44.9 Å². The Morgan fingerprint density at radius 2 is 2.00 bits per heavy atom. The Kier molecular flexibility index (Phi) is 3.16. The topological polar surface area (TPSA) is 63.8 Å². The lowest BCUT2D eigenvalue weighted by molar-refractivity contribution is 0.436. The van der Waals surface area contributed by atoms with Crippen LogP contribution >= 0.6 is 0 Å². The fourth-order valence-corrected chi connectivity index (χ4v) is 2.26. The molecule has 15 heavy (non-hydrogen) atoms. The van der Waals surface area contributed by atoms with Gasteiger partial charge in [-0.1, -0.05) is 19.3 Å². The summed E-state index contributed by atoms with van der Waals surface area (Å²) in [6, 6.07) is 2.08. The molecule has 2 rings (SSSR count). The summed E-state index contributed by atoms with van der Waals surface area (Å²) >= 11 is 0. The zero-order chi connectivity index (χ0) is 10.7. The van der Waals surface area contributed by atoms with Gasteiger partial charge in [-0.15, -0.1) is 0 Å². The van der Waals surface area contributed by atoms with Crippen molar-refractivity contribution in [3.8, 4) is 0 Å². The van der Waals surface area contributed by atoms with E-state index in [2.05, 4.69) is 21.5 Å². The quantitative estimate of drug-likeness (QED) is 0.574. The number of nitrogens with two attached hydrogens (primary N) is 1. The van der Waals surface area contributed by atoms with Gasteiger partial charge in [0, 0.05) is 17.3 Å². The molecule has 4 nitrogen and oxygen atoms in total. The molecule has 0 aliphatic heterocycles. The molecule has 0 unspecified atom stereocenters. The van der Waals surface area contributed by atoms with E-state index in [9.17, 15) is 0 Å². The number of hydrazine groups is 1. The van der Waals surface area contributed by atoms with E-state index in [0.29, 0.717) is 11.9 Å². The summed E-state index contributed by atoms with van der Waals surface area (Å²) < 4.78 is 0. The zero-order valence-corrected chi connectivity index (χ0v) is 9.16. The summed E-state index contributed by atoms with van der Waals surface area (Å²) in [6.45, 7) is 1.98. The Labute approximate surface area is 90.3 Å². The van der Waals surface area contributed by atoms with Gasteiger partial charge in [0.15, 0.2) is 0 Å². The minimum atomic E-state index is 0.538. The first-order valence-corrected chi connectivity index (χ1v) is 5.62. The van der Waals surface area contributed by atoms with E-state index >= 15 is 0 Å². The van der Waals surface area contributed by atoms with Gasteiger partial charge in [0.1, 0.15) is 0 Å². The van der Waals surface area contributed by atoms with E-state index in [4.69, 9.17) is 5.84 Å². The van der Waals surface area contributed by atoms with E-state index in [0.717, 1.165) is 11.4 Å². The third kappa shape index (κ3) is 2.45. The van der Waals surface area contributed by atoms with Gasteiger partial charge in [-0.25, -0.2) is 15.8 Å². The Hall–Kier alpha value is -1.16. The molecule has 0 aromatic carbocycles. The fourth-order valence-electron chi connectivity index (χ4n) is 2.26. The van der Waals surface area contributed by atoms with Gasteiger partial charge >= 0.3 is 0 Å². The summed E-state index contributed by atoms with van der Waals surface area (Å²) in [5.41, 5.74) is 4.66. The normalized spacial score (nSPS) is 17.7. The fraction of sp³-hybridized carbons (Fsp3) is 0.636. The Morgan fingerprint density at radius 3 is 2.67 bits per heavy atom. The van der Waals surface area contributed by atoms with Crippen molar-refractivity contribution in [1.29, 1.82) is 0 Å². The number of nitrogens with one attached hydrogen (secondary N) is 1. The molecule has 82 valence electrons. The molecule has 1 aliphatic rings. The third-order valence-corrected chi connectivity index (χ3v) is 3.03. The number of hydrogen-bond donors (Lipinski definition) is 2. The number of nitrogens with zero attached hydrogens (tertiary/aromatic N) is 2. The second-order valence-corrected chi connectivity index (χ2v) is 4.24. The van der Waals surface area contributed by atoms with Gasteiger partial charge in [-0.2, -0.15) is 0 Å². The number of aryl methyl sites for hydroxylation is 1. The third-order valence-electron chi connectivity index (χ3n) is 3.03. The molecule has 1 saturated carbocycles. The second-order valence-electron chi connectivity index (χ2n) is 4.24. The van der Waals surface area contributed by atoms with Crippen LogP contribution in [0, 0.1) is 6.92 Å². The first-order valence-electron chi connectivity index (χ1n) is 5.62. The summed E-state index contributed by atoms with van der Waals surface area (Å²) in [4.78, 5) is 8.63. The first-order chi connectivity index (χ1) is 7.29. The van der Waals surface area contributed by atoms with Gasteiger partial charge in [-0.05, 0) is 25.8 Å². The minimum Gasteiger partial charge on any atom is -0.292 e. The molecule has 3 N–H and O–H groups in total. The molecular formula is C11H18N4. The molecule has 0 radical (unpaired) electrons. The zero-order valence-electron chi connectivity index (χ0n) is 9.16. The molecule has 4 heteroatoms. The van der Waals surface area contributed by atoms with Crippen LogP contribution in [0.3, 0.4) is 0 Å². The van der Waals surface area contributed by atoms with Gasteiger partial charge in [-0.3, -0.25) is 5.43 Å². The van der Waals surface area contributed by atoms with Crippen LogP contribution in [0.1, 0.15) is 49.4 Å². The van der Waals surface area contributed by atoms with Gasteiger partial charge in [0.25, 0.3) is 0 Å². The van der Waals surface area contributed by atoms with Crippen LogP contribution in [0.25, 0.3) is 0 Å². The van der Waals surface area contributed by atoms with Crippen LogP contribution in [-0.2, 0) is 0 Å². The molecule has 1 aromatic rings. The molecule has 0 spiro atoms. The van der Waals surface area contributed by atoms with Gasteiger partial charge < -0.3 is 0 Å². The molecule has 1 aromatic heterocycles. The highest BCUT2D eigenvalue weighted by molar-refractivity contribution is 5.27. The van der Waals surface area contributed by atoms with Crippen LogP contribution in [0.2, 0.25) is 0 Å². The molecular weight excluding hydrogens is 188 g/mol. The molecule has 1 fully saturated rings. The largest absolute Gasteiger partial charge is 0.292 e. The standard InChI is InChI=1S/C11H18N4/c1-8-7-10(14-11(13-8)15-12)9-5-3-2-4-6-9/h7,9H,2-6,12H2,1H3,(H,13,14,15). The van der Waals surface area contributed by atoms with Crippen molar-refractivity contribution in [1.82, 2.24) is 9.97 Å². The highest BCUT2D eigenvalue weighted by Crippen LogP contribution is 2.31. The van der Waals surface area contributed by atoms with E-state index < -0.39 is 0 Å². The molecule has 0 amide bonds. The van der Waals surface area contributed by atoms with Crippen molar-refractivity contribution in [2.75, 3.05) is 5.43 Å². The number of nitrogen functional groups attached to an aromatic ring is 1. The monoisotopic (exact) mass is 206 g/mol. The van der Waals surface area contributed by atoms with Crippen LogP contribution < -0.4 is 11.3 Å². The number of rotatable bonds is 2. The minimum absolute atomic E-state index is 0.538. The van der Waals surface area contributed by atoms with Crippen LogP contribution in [0.15, 0.2) is 6.07 Å². The van der Waals surface area contributed by atoms with Crippen molar-refractivity contribution in [2.24, 2.45) is 5.84 Å². The summed E-state index contributed by atoms with van der Waals surface area (Å²) in [7, 11) is 0. The van der Waals surface area contributed by atoms with Crippen molar-refractivity contribution in [3.63, 3.8) is 0 Å². The Balaban J connectivity index is 2.22. The Morgan fingerprint density at radius 1 is 1.27 bits per heavy atom. The van der Waals surface area contributed by atoms with E-state index in [1.807, 2.05) is 6.92 Å². The average Bonchev–Trinajstić information content (AvgIpc) is 2.29. The van der Waals surface area contributed by atoms with E-state index in [-0.39, 0.29) is 0 Å². The maximum Gasteiger partial charge on any atom is 0.237 e. The Bertz CT molecular complexity index is 331. The average molecular weight is 206 g/mol. The smallest absolute Gasteiger partial charge is 0.237 e. The highest BCUT2D eigenvalue weighted by Gasteiger charge is 2.17. The molecule has 0 atom stereocenters. The van der Waals surface area contributed by atoms with E-state index in [1.54, 1.807) is 0 Å². The van der Waals surface area contributed by atoms with Gasteiger partial charge in [0.2, 0.25) is 5.95 Å². The summed E-state index contributed by atoms with van der Waals surface area (Å²) in [6.07, 6.45) is 6.50. The SMILES string of the molecule is Cc1cc(C2CCCCC2)nc(NN)n1. The maximum absolute atomic E-state index is 5.34. The lowest BCUT2D eigenvalue weighted by Gasteiger charge is -2.21. The maximum atomic E-state index is 5.34. The van der Waals surface area contributed by atoms with Crippen LogP contribution in [0.4, 0.5) is 5.95 Å². The molecule has 1 aliphatic carbocycles. The van der Waals surface area contributed by atoms with Crippen molar-refractivity contribution in [3.05, 3.63) is 17.5 Å². The highest BCUT2D eigenvalue weighted by atomic mass is 15.3. The number of anilines is 1. The molecule has 0 saturated heterocycles. The predicted octanol–water partition coefficient (Wildman–Crippen LogP) is 2.12. The first kappa shape index (κ1) is 10.4. The second kappa shape index (κ2) is 4.57. The van der Waals surface area contributed by atoms with Crippen molar-refractivity contribution >= 4 is 5.95 Å². The summed E-state index contributed by atoms with van der Waals surface area (Å²) in [5, 5.41) is 0. The lowest BCUT2D eigenvalue weighted by Crippen LogP contribution is -2.14. The molecule has 0 bridgehead atoms. The molecule has 1 heterocycles. The van der Waals surface area contributed by atoms with Crippen molar-refractivity contribution < 1.29 is 0 Å². The summed E-state index contributed by atoms with van der Waals surface area (Å²) in [5.74, 6) is 6.48. The van der Waals surface area contributed by atoms with Crippen LogP contribution in [0.5, 0.6) is 0 Å². The lowest BCUT2D eigenvalue weighted by atomic mass is 9.87. The predicted molar refractivity (Wildman–Crippen MR) is 60.4 cm³/mol.